The van der Waals surface area contributed by atoms with Crippen molar-refractivity contribution in [3.8, 4) is 11.3 Å². The quantitative estimate of drug-likeness (QED) is 0.344. The van der Waals surface area contributed by atoms with Gasteiger partial charge in [-0.25, -0.2) is 4.39 Å². The van der Waals surface area contributed by atoms with Crippen LogP contribution in [0.2, 0.25) is 0 Å². The van der Waals surface area contributed by atoms with Crippen LogP contribution in [0, 0.1) is 12.7 Å². The first kappa shape index (κ1) is 24.6. The highest BCUT2D eigenvalue weighted by Crippen LogP contribution is 2.39. The lowest BCUT2D eigenvalue weighted by molar-refractivity contribution is 0.110. The fourth-order valence-electron chi connectivity index (χ4n) is 4.97. The third-order valence-electron chi connectivity index (χ3n) is 6.84. The minimum atomic E-state index is -0.178. The number of carbonyl (C=O) groups excluding carboxylic acids is 1. The number of piperidine rings is 1. The summed E-state index contributed by atoms with van der Waals surface area (Å²) in [6.45, 7) is 7.52. The Balaban J connectivity index is 0.000000356. The third-order valence-corrected chi connectivity index (χ3v) is 6.84. The predicted molar refractivity (Wildman–Crippen MR) is 142 cm³/mol. The minimum absolute atomic E-state index is 0.178. The highest BCUT2D eigenvalue weighted by atomic mass is 19.1. The van der Waals surface area contributed by atoms with E-state index in [9.17, 15) is 9.18 Å². The number of halogens is 1. The maximum atomic E-state index is 12.1. The zero-order valence-electron chi connectivity index (χ0n) is 20.7. The smallest absolute Gasteiger partial charge is 0.166 e. The molecule has 5 rings (SSSR count). The molecule has 6 heteroatoms. The maximum absolute atomic E-state index is 12.1. The van der Waals surface area contributed by atoms with Gasteiger partial charge in [0.05, 0.1) is 16.9 Å². The number of aldehydes is 1. The number of anilines is 1. The van der Waals surface area contributed by atoms with Crippen LogP contribution in [0.5, 0.6) is 0 Å². The van der Waals surface area contributed by atoms with Crippen molar-refractivity contribution in [2.24, 2.45) is 0 Å². The van der Waals surface area contributed by atoms with Crippen molar-refractivity contribution in [3.63, 3.8) is 0 Å². The van der Waals surface area contributed by atoms with Crippen LogP contribution in [0.15, 0.2) is 66.9 Å². The molecule has 1 aliphatic heterocycles. The van der Waals surface area contributed by atoms with Crippen molar-refractivity contribution >= 4 is 22.9 Å². The molecule has 1 N–H and O–H groups in total. The number of likely N-dealkylation sites (tertiary alicyclic amines) is 1. The number of benzene rings is 2. The van der Waals surface area contributed by atoms with Crippen LogP contribution >= 0.6 is 0 Å². The summed E-state index contributed by atoms with van der Waals surface area (Å²) in [5.41, 5.74) is 6.05. The van der Waals surface area contributed by atoms with Gasteiger partial charge in [0.2, 0.25) is 0 Å². The summed E-state index contributed by atoms with van der Waals surface area (Å²) in [6.07, 6.45) is 4.99. The number of aryl methyl sites for hydroxylation is 1. The second-order valence-corrected chi connectivity index (χ2v) is 8.84. The Hall–Kier alpha value is -3.51. The van der Waals surface area contributed by atoms with Gasteiger partial charge in [-0.2, -0.15) is 0 Å². The molecule has 0 aliphatic carbocycles. The van der Waals surface area contributed by atoms with Crippen molar-refractivity contribution in [2.75, 3.05) is 32.0 Å². The van der Waals surface area contributed by atoms with E-state index in [-0.39, 0.29) is 5.82 Å². The van der Waals surface area contributed by atoms with Gasteiger partial charge in [0, 0.05) is 49.0 Å². The Bertz CT molecular complexity index is 1260. The summed E-state index contributed by atoms with van der Waals surface area (Å²) in [6, 6.07) is 18.6. The monoisotopic (exact) mass is 472 g/mol. The highest BCUT2D eigenvalue weighted by molar-refractivity contribution is 6.03. The molecular formula is C29H33FN4O. The molecule has 182 valence electrons. The van der Waals surface area contributed by atoms with E-state index in [1.807, 2.05) is 31.4 Å². The number of nitrogens with one attached hydrogen (secondary N) is 1. The second-order valence-electron chi connectivity index (χ2n) is 8.84. The van der Waals surface area contributed by atoms with Crippen molar-refractivity contribution in [3.05, 3.63) is 83.9 Å². The number of hydrogen-bond acceptors (Lipinski definition) is 4. The molecule has 5 nitrogen and oxygen atoms in total. The van der Waals surface area contributed by atoms with Gasteiger partial charge in [-0.05, 0) is 68.3 Å². The van der Waals surface area contributed by atoms with Crippen LogP contribution < -0.4 is 5.32 Å². The number of fused-ring (bicyclic) bond motifs is 1. The Morgan fingerprint density at radius 2 is 1.80 bits per heavy atom. The summed E-state index contributed by atoms with van der Waals surface area (Å²) >= 11 is 0. The summed E-state index contributed by atoms with van der Waals surface area (Å²) in [7, 11) is 1.94. The van der Waals surface area contributed by atoms with Crippen molar-refractivity contribution < 1.29 is 9.18 Å². The molecule has 0 saturated carbocycles. The Kier molecular flexibility index (Phi) is 7.93. The van der Waals surface area contributed by atoms with E-state index in [0.717, 1.165) is 77.9 Å². The Labute approximate surface area is 206 Å². The summed E-state index contributed by atoms with van der Waals surface area (Å²) < 4.78 is 14.2. The van der Waals surface area contributed by atoms with E-state index >= 15 is 0 Å². The minimum Gasteiger partial charge on any atom is -0.388 e. The summed E-state index contributed by atoms with van der Waals surface area (Å²) in [5.74, 6) is -0.178. The van der Waals surface area contributed by atoms with E-state index in [0.29, 0.717) is 6.04 Å². The van der Waals surface area contributed by atoms with Crippen LogP contribution in [0.1, 0.15) is 41.9 Å². The van der Waals surface area contributed by atoms with Gasteiger partial charge in [-0.3, -0.25) is 9.78 Å². The van der Waals surface area contributed by atoms with Crippen molar-refractivity contribution in [1.82, 2.24) is 14.5 Å². The molecule has 0 spiro atoms. The number of hydrogen-bond donors (Lipinski definition) is 1. The van der Waals surface area contributed by atoms with Gasteiger partial charge in [-0.1, -0.05) is 31.2 Å². The van der Waals surface area contributed by atoms with E-state index in [4.69, 9.17) is 0 Å². The third kappa shape index (κ3) is 5.28. The number of pyridine rings is 1. The number of carbonyl (C=O) groups is 1. The van der Waals surface area contributed by atoms with E-state index < -0.39 is 0 Å². The fourth-order valence-corrected chi connectivity index (χ4v) is 4.97. The average Bonchev–Trinajstić information content (AvgIpc) is 3.20. The van der Waals surface area contributed by atoms with Gasteiger partial charge in [0.15, 0.2) is 6.29 Å². The van der Waals surface area contributed by atoms with Gasteiger partial charge >= 0.3 is 0 Å². The highest BCUT2D eigenvalue weighted by Gasteiger charge is 2.26. The molecule has 0 atom stereocenters. The van der Waals surface area contributed by atoms with Crippen LogP contribution in [-0.4, -0.2) is 47.4 Å². The topological polar surface area (TPSA) is 50.2 Å². The molecule has 2 aromatic carbocycles. The molecule has 1 fully saturated rings. The number of nitrogens with zero attached hydrogens (tertiary/aromatic N) is 3. The first-order valence-corrected chi connectivity index (χ1v) is 12.2. The normalized spacial score (nSPS) is 14.4. The number of aromatic nitrogens is 2. The molecule has 1 saturated heterocycles. The van der Waals surface area contributed by atoms with Crippen LogP contribution in [0.4, 0.5) is 10.1 Å². The largest absolute Gasteiger partial charge is 0.388 e. The van der Waals surface area contributed by atoms with E-state index in [1.54, 1.807) is 18.2 Å². The van der Waals surface area contributed by atoms with Crippen molar-refractivity contribution in [2.45, 2.75) is 32.7 Å². The molecule has 1 aliphatic rings. The Morgan fingerprint density at radius 3 is 2.34 bits per heavy atom. The first-order valence-electron chi connectivity index (χ1n) is 12.2. The van der Waals surface area contributed by atoms with Crippen LogP contribution in [0.3, 0.4) is 0 Å². The lowest BCUT2D eigenvalue weighted by Crippen LogP contribution is -2.34. The van der Waals surface area contributed by atoms with Crippen molar-refractivity contribution in [1.29, 1.82) is 0 Å². The fraction of sp³-hybridized carbons (Fsp3) is 0.310. The SMILES string of the molecule is CCN1CCC(n2c(C=O)c(C)c3c(NC)cc(-c4ccccn4)cc32)CC1.Fc1ccccc1. The molecule has 2 aromatic heterocycles. The molecule has 0 bridgehead atoms. The van der Waals surface area contributed by atoms with E-state index in [1.165, 1.54) is 12.1 Å². The van der Waals surface area contributed by atoms with Gasteiger partial charge in [-0.15, -0.1) is 0 Å². The number of rotatable bonds is 5. The van der Waals surface area contributed by atoms with Crippen LogP contribution in [-0.2, 0) is 0 Å². The zero-order valence-corrected chi connectivity index (χ0v) is 20.7. The molecule has 4 aromatic rings. The van der Waals surface area contributed by atoms with Gasteiger partial charge < -0.3 is 14.8 Å². The summed E-state index contributed by atoms with van der Waals surface area (Å²) in [4.78, 5) is 19.1. The first-order chi connectivity index (χ1) is 17.1. The second kappa shape index (κ2) is 11.3. The van der Waals surface area contributed by atoms with Crippen LogP contribution in [0.25, 0.3) is 22.2 Å². The zero-order chi connectivity index (χ0) is 24.8. The summed E-state index contributed by atoms with van der Waals surface area (Å²) in [5, 5.41) is 4.48. The maximum Gasteiger partial charge on any atom is 0.166 e. The molecule has 0 unspecified atom stereocenters. The van der Waals surface area contributed by atoms with E-state index in [2.05, 4.69) is 45.7 Å². The lowest BCUT2D eigenvalue weighted by atomic mass is 10.0. The molecule has 3 heterocycles. The standard InChI is InChI=1S/C23H28N4O.C6H5F/c1-4-26-11-8-18(9-12-26)27-21-14-17(19-7-5-6-10-25-19)13-20(24-3)23(21)16(2)22(27)15-28;7-6-4-2-1-3-5-6/h5-7,10,13-15,18,24H,4,8-9,11-12H2,1-3H3;1-5H. The van der Waals surface area contributed by atoms with Gasteiger partial charge in [0.25, 0.3) is 0 Å². The molecule has 0 radical (unpaired) electrons. The average molecular weight is 473 g/mol. The predicted octanol–water partition coefficient (Wildman–Crippen LogP) is 6.35. The van der Waals surface area contributed by atoms with Gasteiger partial charge in [0.1, 0.15) is 5.82 Å². The Morgan fingerprint density at radius 1 is 1.09 bits per heavy atom. The molecular weight excluding hydrogens is 439 g/mol. The lowest BCUT2D eigenvalue weighted by Gasteiger charge is -2.33. The molecule has 35 heavy (non-hydrogen) atoms. The molecule has 0 amide bonds.